The first-order chi connectivity index (χ1) is 9.99. The van der Waals surface area contributed by atoms with Crippen molar-refractivity contribution in [3.8, 4) is 5.75 Å². The van der Waals surface area contributed by atoms with E-state index >= 15 is 0 Å². The number of carbonyl (C=O) groups excluding carboxylic acids is 1. The Kier molecular flexibility index (Phi) is 4.54. The van der Waals surface area contributed by atoms with Gasteiger partial charge in [0, 0.05) is 17.1 Å². The molecule has 2 rings (SSSR count). The number of benzene rings is 2. The van der Waals surface area contributed by atoms with Crippen molar-refractivity contribution in [2.45, 2.75) is 6.54 Å². The maximum absolute atomic E-state index is 12.1. The van der Waals surface area contributed by atoms with Gasteiger partial charge in [0.1, 0.15) is 11.3 Å². The third-order valence-electron chi connectivity index (χ3n) is 2.82. The average molecular weight is 351 g/mol. The molecule has 0 radical (unpaired) electrons. The maximum Gasteiger partial charge on any atom is 0.282 e. The number of hydrogen-bond donors (Lipinski definition) is 2. The van der Waals surface area contributed by atoms with Crippen LogP contribution < -0.4 is 5.32 Å². The third kappa shape index (κ3) is 3.57. The molecule has 0 spiro atoms. The Morgan fingerprint density at radius 3 is 2.67 bits per heavy atom. The van der Waals surface area contributed by atoms with Gasteiger partial charge in [-0.15, -0.1) is 0 Å². The van der Waals surface area contributed by atoms with E-state index in [1.54, 1.807) is 0 Å². The molecule has 0 aromatic heterocycles. The fourth-order valence-electron chi connectivity index (χ4n) is 1.78. The molecule has 2 aromatic rings. The highest BCUT2D eigenvalue weighted by atomic mass is 79.9. The third-order valence-corrected chi connectivity index (χ3v) is 3.59. The predicted octanol–water partition coefficient (Wildman–Crippen LogP) is 2.99. The highest BCUT2D eigenvalue weighted by Crippen LogP contribution is 2.23. The molecule has 0 saturated heterocycles. The predicted molar refractivity (Wildman–Crippen MR) is 80.1 cm³/mol. The van der Waals surface area contributed by atoms with Gasteiger partial charge in [-0.3, -0.25) is 14.9 Å². The number of rotatable bonds is 4. The molecule has 0 aliphatic rings. The van der Waals surface area contributed by atoms with E-state index in [2.05, 4.69) is 21.2 Å². The lowest BCUT2D eigenvalue weighted by molar-refractivity contribution is -0.385. The van der Waals surface area contributed by atoms with E-state index in [9.17, 15) is 20.0 Å². The van der Waals surface area contributed by atoms with Crippen molar-refractivity contribution in [2.75, 3.05) is 0 Å². The molecule has 7 heteroatoms. The number of aromatic hydroxyl groups is 1. The van der Waals surface area contributed by atoms with E-state index in [4.69, 9.17) is 0 Å². The normalized spacial score (nSPS) is 10.1. The van der Waals surface area contributed by atoms with Crippen LogP contribution in [-0.2, 0) is 6.54 Å². The van der Waals surface area contributed by atoms with Crippen LogP contribution in [0.5, 0.6) is 5.75 Å². The van der Waals surface area contributed by atoms with E-state index in [0.29, 0.717) is 0 Å². The molecule has 0 unspecified atom stereocenters. The average Bonchev–Trinajstić information content (AvgIpc) is 2.45. The van der Waals surface area contributed by atoms with Crippen LogP contribution in [0.4, 0.5) is 5.69 Å². The molecule has 0 aliphatic heterocycles. The Labute approximate surface area is 128 Å². The Balaban J connectivity index is 2.19. The molecule has 0 heterocycles. The topological polar surface area (TPSA) is 92.5 Å². The standard InChI is InChI=1S/C14H11BrN2O4/c15-12-4-2-1-3-9(12)8-16-14(19)11-7-10(18)5-6-13(11)17(20)21/h1-7,18H,8H2,(H,16,19). The largest absolute Gasteiger partial charge is 0.508 e. The maximum atomic E-state index is 12.1. The number of nitro groups is 1. The van der Waals surface area contributed by atoms with Crippen LogP contribution in [0.3, 0.4) is 0 Å². The second kappa shape index (κ2) is 6.36. The molecule has 2 N–H and O–H groups in total. The van der Waals surface area contributed by atoms with Gasteiger partial charge in [-0.25, -0.2) is 0 Å². The monoisotopic (exact) mass is 350 g/mol. The van der Waals surface area contributed by atoms with Gasteiger partial charge in [0.25, 0.3) is 11.6 Å². The van der Waals surface area contributed by atoms with Crippen LogP contribution in [0.15, 0.2) is 46.9 Å². The van der Waals surface area contributed by atoms with Gasteiger partial charge in [0.15, 0.2) is 0 Å². The van der Waals surface area contributed by atoms with Crippen LogP contribution in [-0.4, -0.2) is 15.9 Å². The number of halogens is 1. The molecule has 0 atom stereocenters. The fourth-order valence-corrected chi connectivity index (χ4v) is 2.20. The van der Waals surface area contributed by atoms with E-state index in [-0.39, 0.29) is 23.5 Å². The lowest BCUT2D eigenvalue weighted by atomic mass is 10.1. The molecule has 0 aliphatic carbocycles. The van der Waals surface area contributed by atoms with Gasteiger partial charge in [-0.1, -0.05) is 34.1 Å². The summed E-state index contributed by atoms with van der Waals surface area (Å²) in [5.74, 6) is -0.819. The molecule has 0 saturated carbocycles. The van der Waals surface area contributed by atoms with Crippen LogP contribution in [0.1, 0.15) is 15.9 Å². The zero-order valence-corrected chi connectivity index (χ0v) is 12.3. The zero-order chi connectivity index (χ0) is 15.4. The summed E-state index contributed by atoms with van der Waals surface area (Å²) >= 11 is 3.35. The summed E-state index contributed by atoms with van der Waals surface area (Å²) in [6, 6.07) is 10.7. The SMILES string of the molecule is O=C(NCc1ccccc1Br)c1cc(O)ccc1[N+](=O)[O-]. The number of phenolic OH excluding ortho intramolecular Hbond substituents is 1. The van der Waals surface area contributed by atoms with Crippen molar-refractivity contribution in [1.82, 2.24) is 5.32 Å². The van der Waals surface area contributed by atoms with Crippen LogP contribution in [0.2, 0.25) is 0 Å². The van der Waals surface area contributed by atoms with Gasteiger partial charge in [-0.05, 0) is 23.8 Å². The Bertz CT molecular complexity index is 703. The number of nitrogens with zero attached hydrogens (tertiary/aromatic N) is 1. The first-order valence-electron chi connectivity index (χ1n) is 5.98. The first kappa shape index (κ1) is 15.0. The van der Waals surface area contributed by atoms with E-state index in [0.717, 1.165) is 22.2 Å². The summed E-state index contributed by atoms with van der Waals surface area (Å²) < 4.78 is 0.829. The van der Waals surface area contributed by atoms with Crippen molar-refractivity contribution < 1.29 is 14.8 Å². The molecule has 108 valence electrons. The van der Waals surface area contributed by atoms with Crippen molar-refractivity contribution in [3.05, 3.63) is 68.2 Å². The minimum atomic E-state index is -0.660. The van der Waals surface area contributed by atoms with Crippen molar-refractivity contribution >= 4 is 27.5 Å². The summed E-state index contributed by atoms with van der Waals surface area (Å²) in [6.45, 7) is 0.215. The minimum absolute atomic E-state index is 0.174. The highest BCUT2D eigenvalue weighted by molar-refractivity contribution is 9.10. The quantitative estimate of drug-likeness (QED) is 0.654. The van der Waals surface area contributed by atoms with E-state index in [1.807, 2.05) is 24.3 Å². The Morgan fingerprint density at radius 2 is 2.00 bits per heavy atom. The number of carbonyl (C=O) groups is 1. The lowest BCUT2D eigenvalue weighted by Gasteiger charge is -2.08. The summed E-state index contributed by atoms with van der Waals surface area (Å²) in [4.78, 5) is 22.3. The molecular formula is C14H11BrN2O4. The van der Waals surface area contributed by atoms with Crippen LogP contribution >= 0.6 is 15.9 Å². The summed E-state index contributed by atoms with van der Waals surface area (Å²) in [5.41, 5.74) is 0.318. The van der Waals surface area contributed by atoms with E-state index < -0.39 is 10.8 Å². The fraction of sp³-hybridized carbons (Fsp3) is 0.0714. The van der Waals surface area contributed by atoms with E-state index in [1.165, 1.54) is 6.07 Å². The Morgan fingerprint density at radius 1 is 1.29 bits per heavy atom. The smallest absolute Gasteiger partial charge is 0.282 e. The molecule has 0 fully saturated rings. The second-order valence-corrected chi connectivity index (χ2v) is 5.09. The van der Waals surface area contributed by atoms with Gasteiger partial charge in [-0.2, -0.15) is 0 Å². The molecule has 21 heavy (non-hydrogen) atoms. The van der Waals surface area contributed by atoms with Gasteiger partial charge >= 0.3 is 0 Å². The number of phenols is 1. The summed E-state index contributed by atoms with van der Waals surface area (Å²) in [5, 5.41) is 22.9. The second-order valence-electron chi connectivity index (χ2n) is 4.23. The number of nitrogens with one attached hydrogen (secondary N) is 1. The number of amides is 1. The van der Waals surface area contributed by atoms with Gasteiger partial charge in [0.05, 0.1) is 4.92 Å². The minimum Gasteiger partial charge on any atom is -0.508 e. The molecule has 6 nitrogen and oxygen atoms in total. The molecule has 1 amide bonds. The lowest BCUT2D eigenvalue weighted by Crippen LogP contribution is -2.23. The number of hydrogen-bond acceptors (Lipinski definition) is 4. The van der Waals surface area contributed by atoms with Crippen molar-refractivity contribution in [2.24, 2.45) is 0 Å². The van der Waals surface area contributed by atoms with Gasteiger partial charge in [0.2, 0.25) is 0 Å². The zero-order valence-electron chi connectivity index (χ0n) is 10.7. The summed E-state index contributed by atoms with van der Waals surface area (Å²) in [7, 11) is 0. The number of nitro benzene ring substituents is 1. The Hall–Kier alpha value is -2.41. The van der Waals surface area contributed by atoms with Crippen molar-refractivity contribution in [1.29, 1.82) is 0 Å². The molecule has 0 bridgehead atoms. The molecule has 2 aromatic carbocycles. The molecular weight excluding hydrogens is 340 g/mol. The van der Waals surface area contributed by atoms with Gasteiger partial charge < -0.3 is 10.4 Å². The summed E-state index contributed by atoms with van der Waals surface area (Å²) in [6.07, 6.45) is 0. The highest BCUT2D eigenvalue weighted by Gasteiger charge is 2.20. The first-order valence-corrected chi connectivity index (χ1v) is 6.77. The van der Waals surface area contributed by atoms with Crippen molar-refractivity contribution in [3.63, 3.8) is 0 Å². The van der Waals surface area contributed by atoms with Crippen LogP contribution in [0.25, 0.3) is 0 Å². The van der Waals surface area contributed by atoms with Crippen LogP contribution in [0, 0.1) is 10.1 Å².